The second-order valence-corrected chi connectivity index (χ2v) is 18.8. The highest BCUT2D eigenvalue weighted by Crippen LogP contribution is 2.52. The average Bonchev–Trinajstić information content (AvgIpc) is 3.87. The standard InChI is InChI=1S/C67H48N2/c1-67(2)62-29-11-7-22-57(62)61-28-16-27-55(66(61)67)48-37-43-51(44-38-48)68(49-39-33-46(34-40-49)53-26-15-18-45-17-3-4-19-52(45)53)50-41-35-47(36-42-50)54-20-5-6-21-56(54)58-23-8-12-30-63(58)69-64-31-13-9-24-59(64)60-25-10-14-32-65(60)69/h3-44H,1-2H3. The van der Waals surface area contributed by atoms with Gasteiger partial charge in [-0.2, -0.15) is 0 Å². The summed E-state index contributed by atoms with van der Waals surface area (Å²) in [5, 5.41) is 5.02. The molecule has 2 heteroatoms. The molecule has 0 spiro atoms. The summed E-state index contributed by atoms with van der Waals surface area (Å²) in [6.45, 7) is 4.73. The minimum atomic E-state index is -0.105. The van der Waals surface area contributed by atoms with Gasteiger partial charge in [0.15, 0.2) is 0 Å². The Labute approximate surface area is 403 Å². The molecule has 69 heavy (non-hydrogen) atoms. The Morgan fingerprint density at radius 2 is 0.725 bits per heavy atom. The summed E-state index contributed by atoms with van der Waals surface area (Å²) in [5.41, 5.74) is 21.9. The van der Waals surface area contributed by atoms with Crippen LogP contribution in [0.4, 0.5) is 17.1 Å². The number of anilines is 3. The summed E-state index contributed by atoms with van der Waals surface area (Å²) in [5.74, 6) is 0. The molecule has 13 rings (SSSR count). The van der Waals surface area contributed by atoms with E-state index in [0.717, 1.165) is 28.3 Å². The zero-order valence-corrected chi connectivity index (χ0v) is 38.6. The van der Waals surface area contributed by atoms with E-state index in [2.05, 4.69) is 278 Å². The van der Waals surface area contributed by atoms with Gasteiger partial charge in [0.05, 0.1) is 16.7 Å². The zero-order chi connectivity index (χ0) is 46.1. The van der Waals surface area contributed by atoms with E-state index in [1.54, 1.807) is 0 Å². The summed E-state index contributed by atoms with van der Waals surface area (Å²) in [6.07, 6.45) is 0. The Morgan fingerprint density at radius 3 is 1.38 bits per heavy atom. The van der Waals surface area contributed by atoms with Gasteiger partial charge < -0.3 is 9.47 Å². The first-order chi connectivity index (χ1) is 34.0. The summed E-state index contributed by atoms with van der Waals surface area (Å²) < 4.78 is 2.43. The van der Waals surface area contributed by atoms with E-state index in [1.165, 1.54) is 93.8 Å². The van der Waals surface area contributed by atoms with Crippen molar-refractivity contribution in [3.05, 3.63) is 266 Å². The lowest BCUT2D eigenvalue weighted by atomic mass is 9.79. The van der Waals surface area contributed by atoms with Crippen molar-refractivity contribution in [1.82, 2.24) is 4.57 Å². The molecular formula is C67H48N2. The highest BCUT2D eigenvalue weighted by atomic mass is 15.1. The van der Waals surface area contributed by atoms with Crippen LogP contribution in [0.2, 0.25) is 0 Å². The molecule has 1 heterocycles. The van der Waals surface area contributed by atoms with Gasteiger partial charge in [-0.3, -0.25) is 0 Å². The smallest absolute Gasteiger partial charge is 0.0541 e. The number of para-hydroxylation sites is 3. The molecule has 0 saturated carbocycles. The third kappa shape index (κ3) is 6.63. The van der Waals surface area contributed by atoms with E-state index in [1.807, 2.05) is 0 Å². The van der Waals surface area contributed by atoms with Crippen LogP contribution >= 0.6 is 0 Å². The fraction of sp³-hybridized carbons (Fsp3) is 0.0448. The van der Waals surface area contributed by atoms with Gasteiger partial charge >= 0.3 is 0 Å². The summed E-state index contributed by atoms with van der Waals surface area (Å²) in [4.78, 5) is 2.39. The molecule has 1 aliphatic rings. The molecule has 0 aliphatic heterocycles. The molecular weight excluding hydrogens is 833 g/mol. The van der Waals surface area contributed by atoms with Crippen molar-refractivity contribution in [3.8, 4) is 61.3 Å². The maximum absolute atomic E-state index is 2.43. The number of benzene rings is 11. The third-order valence-electron chi connectivity index (χ3n) is 14.6. The SMILES string of the molecule is CC1(C)c2ccccc2-c2cccc(-c3ccc(N(c4ccc(-c5ccccc5-c5ccccc5-n5c6ccccc6c6ccccc65)cc4)c4ccc(-c5cccc6ccccc56)cc4)cc3)c21. The predicted octanol–water partition coefficient (Wildman–Crippen LogP) is 18.4. The minimum Gasteiger partial charge on any atom is -0.311 e. The third-order valence-corrected chi connectivity index (χ3v) is 14.6. The van der Waals surface area contributed by atoms with E-state index in [0.29, 0.717) is 0 Å². The van der Waals surface area contributed by atoms with Crippen molar-refractivity contribution in [2.75, 3.05) is 4.90 Å². The van der Waals surface area contributed by atoms with Gasteiger partial charge in [-0.05, 0) is 127 Å². The fourth-order valence-corrected chi connectivity index (χ4v) is 11.4. The lowest BCUT2D eigenvalue weighted by molar-refractivity contribution is 0.662. The van der Waals surface area contributed by atoms with Crippen molar-refractivity contribution in [2.24, 2.45) is 0 Å². The molecule has 326 valence electrons. The maximum atomic E-state index is 2.43. The molecule has 0 atom stereocenters. The summed E-state index contributed by atoms with van der Waals surface area (Å²) in [6, 6.07) is 93.5. The normalized spacial score (nSPS) is 12.6. The largest absolute Gasteiger partial charge is 0.311 e. The quantitative estimate of drug-likeness (QED) is 0.148. The van der Waals surface area contributed by atoms with Crippen molar-refractivity contribution in [2.45, 2.75) is 19.3 Å². The highest BCUT2D eigenvalue weighted by molar-refractivity contribution is 6.10. The van der Waals surface area contributed by atoms with Crippen LogP contribution in [-0.2, 0) is 5.41 Å². The van der Waals surface area contributed by atoms with E-state index in [9.17, 15) is 0 Å². The van der Waals surface area contributed by atoms with E-state index in [-0.39, 0.29) is 5.41 Å². The second kappa shape index (κ2) is 16.3. The second-order valence-electron chi connectivity index (χ2n) is 18.8. The van der Waals surface area contributed by atoms with E-state index >= 15 is 0 Å². The topological polar surface area (TPSA) is 8.17 Å². The fourth-order valence-electron chi connectivity index (χ4n) is 11.4. The van der Waals surface area contributed by atoms with Gasteiger partial charge in [0.1, 0.15) is 0 Å². The Kier molecular flexibility index (Phi) is 9.55. The number of hydrogen-bond acceptors (Lipinski definition) is 1. The van der Waals surface area contributed by atoms with Crippen molar-refractivity contribution in [1.29, 1.82) is 0 Å². The predicted molar refractivity (Wildman–Crippen MR) is 292 cm³/mol. The van der Waals surface area contributed by atoms with Gasteiger partial charge in [0, 0.05) is 38.8 Å². The van der Waals surface area contributed by atoms with Crippen molar-refractivity contribution >= 4 is 49.6 Å². The molecule has 0 radical (unpaired) electrons. The van der Waals surface area contributed by atoms with Gasteiger partial charge in [-0.25, -0.2) is 0 Å². The molecule has 0 saturated heterocycles. The Morgan fingerprint density at radius 1 is 0.304 bits per heavy atom. The number of rotatable bonds is 8. The van der Waals surface area contributed by atoms with Gasteiger partial charge in [0.2, 0.25) is 0 Å². The van der Waals surface area contributed by atoms with Crippen LogP contribution in [0.1, 0.15) is 25.0 Å². The molecule has 0 N–H and O–H groups in total. The minimum absolute atomic E-state index is 0.105. The molecule has 11 aromatic carbocycles. The van der Waals surface area contributed by atoms with Crippen LogP contribution in [0.3, 0.4) is 0 Å². The average molecular weight is 881 g/mol. The molecule has 12 aromatic rings. The Hall–Kier alpha value is -8.72. The number of hydrogen-bond donors (Lipinski definition) is 0. The van der Waals surface area contributed by atoms with E-state index in [4.69, 9.17) is 0 Å². The zero-order valence-electron chi connectivity index (χ0n) is 38.6. The van der Waals surface area contributed by atoms with Crippen LogP contribution in [0.5, 0.6) is 0 Å². The molecule has 2 nitrogen and oxygen atoms in total. The van der Waals surface area contributed by atoms with Crippen molar-refractivity contribution < 1.29 is 0 Å². The maximum Gasteiger partial charge on any atom is 0.0541 e. The van der Waals surface area contributed by atoms with Gasteiger partial charge in [-0.1, -0.05) is 214 Å². The van der Waals surface area contributed by atoms with Crippen molar-refractivity contribution in [3.63, 3.8) is 0 Å². The summed E-state index contributed by atoms with van der Waals surface area (Å²) >= 11 is 0. The van der Waals surface area contributed by atoms with Gasteiger partial charge in [-0.15, -0.1) is 0 Å². The van der Waals surface area contributed by atoms with Crippen LogP contribution in [0, 0.1) is 0 Å². The number of fused-ring (bicyclic) bond motifs is 7. The molecule has 0 unspecified atom stereocenters. The highest BCUT2D eigenvalue weighted by Gasteiger charge is 2.37. The molecule has 0 bridgehead atoms. The molecule has 1 aliphatic carbocycles. The molecule has 1 aromatic heterocycles. The van der Waals surface area contributed by atoms with Crippen LogP contribution in [0.25, 0.3) is 93.9 Å². The first kappa shape index (κ1) is 40.5. The Balaban J connectivity index is 0.905. The molecule has 0 fully saturated rings. The van der Waals surface area contributed by atoms with Crippen LogP contribution < -0.4 is 4.90 Å². The number of aromatic nitrogens is 1. The lowest BCUT2D eigenvalue weighted by Gasteiger charge is -2.27. The molecule has 0 amide bonds. The van der Waals surface area contributed by atoms with Gasteiger partial charge in [0.25, 0.3) is 0 Å². The monoisotopic (exact) mass is 880 g/mol. The lowest BCUT2D eigenvalue weighted by Crippen LogP contribution is -2.16. The summed E-state index contributed by atoms with van der Waals surface area (Å²) in [7, 11) is 0. The number of nitrogens with zero attached hydrogens (tertiary/aromatic N) is 2. The van der Waals surface area contributed by atoms with Crippen LogP contribution in [-0.4, -0.2) is 4.57 Å². The first-order valence-electron chi connectivity index (χ1n) is 24.0. The van der Waals surface area contributed by atoms with E-state index < -0.39 is 0 Å². The Bertz CT molecular complexity index is 3850. The first-order valence-corrected chi connectivity index (χ1v) is 24.0. The van der Waals surface area contributed by atoms with Crippen LogP contribution in [0.15, 0.2) is 255 Å².